The highest BCUT2D eigenvalue weighted by Crippen LogP contribution is 2.24. The van der Waals surface area contributed by atoms with Crippen molar-refractivity contribution >= 4 is 17.7 Å². The van der Waals surface area contributed by atoms with Crippen LogP contribution in [0.25, 0.3) is 0 Å². The molecular weight excluding hydrogens is 220 g/mol. The molecule has 0 aliphatic carbocycles. The molecular formula is C13H18O2S. The van der Waals surface area contributed by atoms with Gasteiger partial charge in [0.1, 0.15) is 0 Å². The number of ether oxygens (including phenoxy) is 1. The topological polar surface area (TPSA) is 26.3 Å². The van der Waals surface area contributed by atoms with Crippen LogP contribution in [0.1, 0.15) is 31.7 Å². The van der Waals surface area contributed by atoms with Gasteiger partial charge < -0.3 is 4.74 Å². The average Bonchev–Trinajstić information content (AvgIpc) is 2.32. The summed E-state index contributed by atoms with van der Waals surface area (Å²) in [5, 5.41) is 0. The molecule has 2 nitrogen and oxygen atoms in total. The van der Waals surface area contributed by atoms with Crippen molar-refractivity contribution in [2.45, 2.75) is 31.1 Å². The number of esters is 1. The van der Waals surface area contributed by atoms with E-state index in [0.29, 0.717) is 0 Å². The summed E-state index contributed by atoms with van der Waals surface area (Å²) in [5.74, 6) is 0.775. The Balaban J connectivity index is 2.82. The standard InChI is InChI=1S/C13H18O2S/c1-4-12(13(14)15-3)10-6-8-11(9-7-10)16-5-2/h6-9,12H,4-5H2,1-3H3. The van der Waals surface area contributed by atoms with E-state index in [0.717, 1.165) is 17.7 Å². The van der Waals surface area contributed by atoms with E-state index >= 15 is 0 Å². The SMILES string of the molecule is CCSc1ccc(C(CC)C(=O)OC)cc1. The monoisotopic (exact) mass is 238 g/mol. The lowest BCUT2D eigenvalue weighted by molar-refractivity contribution is -0.142. The lowest BCUT2D eigenvalue weighted by atomic mass is 9.97. The van der Waals surface area contributed by atoms with Crippen LogP contribution in [-0.2, 0) is 9.53 Å². The number of benzene rings is 1. The van der Waals surface area contributed by atoms with Crippen molar-refractivity contribution in [1.82, 2.24) is 0 Å². The summed E-state index contributed by atoms with van der Waals surface area (Å²) in [6, 6.07) is 8.16. The molecule has 3 heteroatoms. The highest BCUT2D eigenvalue weighted by molar-refractivity contribution is 7.99. The van der Waals surface area contributed by atoms with Crippen LogP contribution in [0, 0.1) is 0 Å². The summed E-state index contributed by atoms with van der Waals surface area (Å²) in [7, 11) is 1.44. The summed E-state index contributed by atoms with van der Waals surface area (Å²) in [5.41, 5.74) is 1.04. The number of carbonyl (C=O) groups is 1. The van der Waals surface area contributed by atoms with Gasteiger partial charge in [0.05, 0.1) is 13.0 Å². The second kappa shape index (κ2) is 6.59. The Labute approximate surface area is 101 Å². The average molecular weight is 238 g/mol. The fourth-order valence-corrected chi connectivity index (χ4v) is 2.31. The Bertz CT molecular complexity index is 332. The van der Waals surface area contributed by atoms with Crippen LogP contribution in [0.5, 0.6) is 0 Å². The van der Waals surface area contributed by atoms with Crippen LogP contribution >= 0.6 is 11.8 Å². The van der Waals surface area contributed by atoms with Gasteiger partial charge in [-0.3, -0.25) is 4.79 Å². The predicted molar refractivity (Wildman–Crippen MR) is 67.9 cm³/mol. The van der Waals surface area contributed by atoms with Crippen LogP contribution < -0.4 is 0 Å². The molecule has 16 heavy (non-hydrogen) atoms. The molecule has 0 aliphatic heterocycles. The fourth-order valence-electron chi connectivity index (χ4n) is 1.64. The number of methoxy groups -OCH3 is 1. The van der Waals surface area contributed by atoms with Crippen molar-refractivity contribution < 1.29 is 9.53 Å². The first-order valence-electron chi connectivity index (χ1n) is 5.53. The number of hydrogen-bond donors (Lipinski definition) is 0. The number of hydrogen-bond acceptors (Lipinski definition) is 3. The summed E-state index contributed by atoms with van der Waals surface area (Å²) >= 11 is 1.80. The minimum Gasteiger partial charge on any atom is -0.469 e. The lowest BCUT2D eigenvalue weighted by Crippen LogP contribution is -2.13. The zero-order valence-corrected chi connectivity index (χ0v) is 10.8. The lowest BCUT2D eigenvalue weighted by Gasteiger charge is -2.12. The van der Waals surface area contributed by atoms with Crippen LogP contribution in [0.4, 0.5) is 0 Å². The van der Waals surface area contributed by atoms with Crippen molar-refractivity contribution in [3.05, 3.63) is 29.8 Å². The molecule has 1 atom stereocenters. The Morgan fingerprint density at radius 3 is 2.38 bits per heavy atom. The molecule has 0 heterocycles. The smallest absolute Gasteiger partial charge is 0.313 e. The molecule has 88 valence electrons. The van der Waals surface area contributed by atoms with Crippen molar-refractivity contribution in [1.29, 1.82) is 0 Å². The number of thioether (sulfide) groups is 1. The van der Waals surface area contributed by atoms with Crippen LogP contribution in [0.3, 0.4) is 0 Å². The van der Waals surface area contributed by atoms with E-state index in [1.807, 2.05) is 19.1 Å². The second-order valence-electron chi connectivity index (χ2n) is 3.49. The van der Waals surface area contributed by atoms with E-state index in [4.69, 9.17) is 4.74 Å². The van der Waals surface area contributed by atoms with Crippen molar-refractivity contribution in [2.24, 2.45) is 0 Å². The van der Waals surface area contributed by atoms with Crippen molar-refractivity contribution in [2.75, 3.05) is 12.9 Å². The maximum atomic E-state index is 11.5. The Kier molecular flexibility index (Phi) is 5.39. The van der Waals surface area contributed by atoms with E-state index in [1.54, 1.807) is 11.8 Å². The zero-order chi connectivity index (χ0) is 12.0. The maximum Gasteiger partial charge on any atom is 0.313 e. The first-order valence-corrected chi connectivity index (χ1v) is 6.52. The molecule has 0 saturated heterocycles. The second-order valence-corrected chi connectivity index (χ2v) is 4.82. The van der Waals surface area contributed by atoms with Gasteiger partial charge in [0.25, 0.3) is 0 Å². The summed E-state index contributed by atoms with van der Waals surface area (Å²) in [6.45, 7) is 4.12. The van der Waals surface area contributed by atoms with Gasteiger partial charge in [-0.25, -0.2) is 0 Å². The Morgan fingerprint density at radius 1 is 1.31 bits per heavy atom. The Hall–Kier alpha value is -0.960. The predicted octanol–water partition coefficient (Wildman–Crippen LogP) is 3.47. The maximum absolute atomic E-state index is 11.5. The third-order valence-corrected chi connectivity index (χ3v) is 3.38. The molecule has 1 rings (SSSR count). The molecule has 0 aromatic heterocycles. The molecule has 0 N–H and O–H groups in total. The van der Waals surface area contributed by atoms with Crippen LogP contribution in [0.2, 0.25) is 0 Å². The molecule has 0 aliphatic rings. The molecule has 0 fully saturated rings. The molecule has 0 saturated carbocycles. The van der Waals surface area contributed by atoms with Gasteiger partial charge in [-0.05, 0) is 29.9 Å². The number of carbonyl (C=O) groups excluding carboxylic acids is 1. The van der Waals surface area contributed by atoms with E-state index < -0.39 is 0 Å². The number of rotatable bonds is 5. The van der Waals surface area contributed by atoms with Crippen molar-refractivity contribution in [3.8, 4) is 0 Å². The highest BCUT2D eigenvalue weighted by atomic mass is 32.2. The molecule has 0 amide bonds. The minimum absolute atomic E-state index is 0.134. The van der Waals surface area contributed by atoms with E-state index in [-0.39, 0.29) is 11.9 Å². The summed E-state index contributed by atoms with van der Waals surface area (Å²) in [6.07, 6.45) is 0.771. The van der Waals surface area contributed by atoms with Gasteiger partial charge in [0.2, 0.25) is 0 Å². The summed E-state index contributed by atoms with van der Waals surface area (Å²) in [4.78, 5) is 12.8. The fraction of sp³-hybridized carbons (Fsp3) is 0.462. The van der Waals surface area contributed by atoms with Crippen LogP contribution in [0.15, 0.2) is 29.2 Å². The molecule has 0 spiro atoms. The first kappa shape index (κ1) is 13.1. The Morgan fingerprint density at radius 2 is 1.94 bits per heavy atom. The van der Waals surface area contributed by atoms with Gasteiger partial charge in [-0.1, -0.05) is 26.0 Å². The van der Waals surface area contributed by atoms with Crippen molar-refractivity contribution in [3.63, 3.8) is 0 Å². The van der Waals surface area contributed by atoms with Gasteiger partial charge in [0, 0.05) is 4.90 Å². The summed E-state index contributed by atoms with van der Waals surface area (Å²) < 4.78 is 4.79. The minimum atomic E-state index is -0.154. The molecule has 0 radical (unpaired) electrons. The van der Waals surface area contributed by atoms with E-state index in [1.165, 1.54) is 12.0 Å². The normalized spacial score (nSPS) is 12.2. The zero-order valence-electron chi connectivity index (χ0n) is 10.0. The van der Waals surface area contributed by atoms with Gasteiger partial charge in [-0.15, -0.1) is 11.8 Å². The highest BCUT2D eigenvalue weighted by Gasteiger charge is 2.18. The quantitative estimate of drug-likeness (QED) is 0.580. The van der Waals surface area contributed by atoms with E-state index in [2.05, 4.69) is 19.1 Å². The third-order valence-electron chi connectivity index (χ3n) is 2.49. The largest absolute Gasteiger partial charge is 0.469 e. The molecule has 0 bridgehead atoms. The third kappa shape index (κ3) is 3.27. The van der Waals surface area contributed by atoms with Gasteiger partial charge in [0.15, 0.2) is 0 Å². The first-order chi connectivity index (χ1) is 7.72. The van der Waals surface area contributed by atoms with Gasteiger partial charge >= 0.3 is 5.97 Å². The van der Waals surface area contributed by atoms with E-state index in [9.17, 15) is 4.79 Å². The van der Waals surface area contributed by atoms with Gasteiger partial charge in [-0.2, -0.15) is 0 Å². The molecule has 1 unspecified atom stereocenters. The molecule has 1 aromatic rings. The van der Waals surface area contributed by atoms with Crippen LogP contribution in [-0.4, -0.2) is 18.8 Å². The molecule has 1 aromatic carbocycles.